The predicted octanol–water partition coefficient (Wildman–Crippen LogP) is 4.19. The Balaban J connectivity index is 2.25. The van der Waals surface area contributed by atoms with Crippen molar-refractivity contribution in [2.45, 2.75) is 6.92 Å². The first-order chi connectivity index (χ1) is 12.3. The molecule has 0 aliphatic heterocycles. The number of nitro groups is 1. The maximum absolute atomic E-state index is 11.6. The topological polar surface area (TPSA) is 131 Å². The number of carboxylic acids is 1. The standard InChI is InChI=1S/C17H13N3O6/c1-10(2)17(23)26-15-8-5-12(9-14(15)16(21)22)19-18-11-3-6-13(7-4-11)20(24)25/h3-9H,1H2,2H3,(H,21,22)/b19-18+. The van der Waals surface area contributed by atoms with Gasteiger partial charge < -0.3 is 9.84 Å². The maximum Gasteiger partial charge on any atom is 0.339 e. The summed E-state index contributed by atoms with van der Waals surface area (Å²) in [5, 5.41) is 27.6. The maximum atomic E-state index is 11.6. The molecule has 1 N–H and O–H groups in total. The summed E-state index contributed by atoms with van der Waals surface area (Å²) in [5.41, 5.74) is 0.338. The lowest BCUT2D eigenvalue weighted by atomic mass is 10.2. The average Bonchev–Trinajstić information content (AvgIpc) is 2.60. The summed E-state index contributed by atoms with van der Waals surface area (Å²) in [6.45, 7) is 4.87. The number of non-ortho nitro benzene ring substituents is 1. The summed E-state index contributed by atoms with van der Waals surface area (Å²) in [7, 11) is 0. The van der Waals surface area contributed by atoms with Crippen LogP contribution in [0.5, 0.6) is 5.75 Å². The van der Waals surface area contributed by atoms with Gasteiger partial charge in [0.1, 0.15) is 11.3 Å². The molecule has 0 amide bonds. The third kappa shape index (κ3) is 4.57. The Morgan fingerprint density at radius 3 is 2.23 bits per heavy atom. The van der Waals surface area contributed by atoms with Gasteiger partial charge in [-0.2, -0.15) is 10.2 Å². The van der Waals surface area contributed by atoms with Crippen LogP contribution in [0.15, 0.2) is 64.8 Å². The molecule has 0 fully saturated rings. The molecular formula is C17H13N3O6. The second-order valence-corrected chi connectivity index (χ2v) is 5.13. The minimum atomic E-state index is -1.30. The Morgan fingerprint density at radius 2 is 1.69 bits per heavy atom. The second-order valence-electron chi connectivity index (χ2n) is 5.13. The molecule has 0 saturated heterocycles. The van der Waals surface area contributed by atoms with E-state index in [4.69, 9.17) is 4.74 Å². The van der Waals surface area contributed by atoms with Crippen LogP contribution in [0.2, 0.25) is 0 Å². The fraction of sp³-hybridized carbons (Fsp3) is 0.0588. The predicted molar refractivity (Wildman–Crippen MR) is 91.1 cm³/mol. The van der Waals surface area contributed by atoms with Crippen molar-refractivity contribution in [3.8, 4) is 5.75 Å². The zero-order chi connectivity index (χ0) is 19.3. The molecule has 0 radical (unpaired) electrons. The Hall–Kier alpha value is -3.88. The Labute approximate surface area is 147 Å². The smallest absolute Gasteiger partial charge is 0.339 e. The van der Waals surface area contributed by atoms with Crippen molar-refractivity contribution in [3.63, 3.8) is 0 Å². The molecule has 9 heteroatoms. The van der Waals surface area contributed by atoms with Crippen molar-refractivity contribution in [2.75, 3.05) is 0 Å². The van der Waals surface area contributed by atoms with Gasteiger partial charge in [-0.3, -0.25) is 10.1 Å². The first kappa shape index (κ1) is 18.5. The van der Waals surface area contributed by atoms with Gasteiger partial charge >= 0.3 is 11.9 Å². The van der Waals surface area contributed by atoms with Gasteiger partial charge in [0.05, 0.1) is 16.3 Å². The fourth-order valence-electron chi connectivity index (χ4n) is 1.78. The lowest BCUT2D eigenvalue weighted by molar-refractivity contribution is -0.384. The van der Waals surface area contributed by atoms with Crippen LogP contribution in [0.4, 0.5) is 17.1 Å². The lowest BCUT2D eigenvalue weighted by Gasteiger charge is -2.07. The van der Waals surface area contributed by atoms with Crippen LogP contribution in [0.3, 0.4) is 0 Å². The number of hydrogen-bond acceptors (Lipinski definition) is 7. The first-order valence-corrected chi connectivity index (χ1v) is 7.19. The third-order valence-corrected chi connectivity index (χ3v) is 3.09. The van der Waals surface area contributed by atoms with Gasteiger partial charge in [0.25, 0.3) is 5.69 Å². The molecule has 0 heterocycles. The normalized spacial score (nSPS) is 10.5. The molecule has 132 valence electrons. The van der Waals surface area contributed by atoms with Crippen molar-refractivity contribution in [1.82, 2.24) is 0 Å². The van der Waals surface area contributed by atoms with Gasteiger partial charge in [-0.05, 0) is 37.3 Å². The summed E-state index contributed by atoms with van der Waals surface area (Å²) in [6, 6.07) is 9.26. The molecule has 9 nitrogen and oxygen atoms in total. The highest BCUT2D eigenvalue weighted by atomic mass is 16.6. The molecule has 0 spiro atoms. The fourth-order valence-corrected chi connectivity index (χ4v) is 1.78. The Morgan fingerprint density at radius 1 is 1.12 bits per heavy atom. The Bertz CT molecular complexity index is 919. The van der Waals surface area contributed by atoms with Gasteiger partial charge in [-0.1, -0.05) is 6.58 Å². The van der Waals surface area contributed by atoms with Crippen LogP contribution in [0.25, 0.3) is 0 Å². The van der Waals surface area contributed by atoms with Gasteiger partial charge in [0.2, 0.25) is 0 Å². The molecular weight excluding hydrogens is 342 g/mol. The van der Waals surface area contributed by atoms with Crippen molar-refractivity contribution in [3.05, 3.63) is 70.3 Å². The molecule has 2 aromatic carbocycles. The number of rotatable bonds is 6. The van der Waals surface area contributed by atoms with Crippen LogP contribution in [0, 0.1) is 10.1 Å². The van der Waals surface area contributed by atoms with E-state index in [1.165, 1.54) is 49.4 Å². The molecule has 26 heavy (non-hydrogen) atoms. The van der Waals surface area contributed by atoms with Gasteiger partial charge in [0.15, 0.2) is 0 Å². The van der Waals surface area contributed by atoms with E-state index < -0.39 is 16.9 Å². The second kappa shape index (κ2) is 7.79. The monoisotopic (exact) mass is 355 g/mol. The van der Waals surface area contributed by atoms with E-state index in [2.05, 4.69) is 16.8 Å². The SMILES string of the molecule is C=C(C)C(=O)Oc1ccc(/N=N/c2ccc([N+](=O)[O-])cc2)cc1C(=O)O. The summed E-state index contributed by atoms with van der Waals surface area (Å²) >= 11 is 0. The van der Waals surface area contributed by atoms with Gasteiger partial charge in [-0.15, -0.1) is 0 Å². The van der Waals surface area contributed by atoms with Crippen LogP contribution >= 0.6 is 0 Å². The highest BCUT2D eigenvalue weighted by molar-refractivity contribution is 5.95. The zero-order valence-corrected chi connectivity index (χ0v) is 13.6. The molecule has 0 bridgehead atoms. The Kier molecular flexibility index (Phi) is 5.53. The molecule has 2 aromatic rings. The van der Waals surface area contributed by atoms with E-state index in [1.807, 2.05) is 0 Å². The van der Waals surface area contributed by atoms with Gasteiger partial charge in [0, 0.05) is 17.7 Å². The number of esters is 1. The molecule has 0 atom stereocenters. The summed E-state index contributed by atoms with van der Waals surface area (Å²) < 4.78 is 4.97. The molecule has 2 rings (SSSR count). The number of ether oxygens (including phenoxy) is 1. The van der Waals surface area contributed by atoms with Crippen LogP contribution in [-0.2, 0) is 4.79 Å². The summed E-state index contributed by atoms with van der Waals surface area (Å²) in [5.74, 6) is -2.19. The minimum Gasteiger partial charge on any atom is -0.478 e. The van der Waals surface area contributed by atoms with Crippen molar-refractivity contribution in [1.29, 1.82) is 0 Å². The average molecular weight is 355 g/mol. The molecule has 0 saturated carbocycles. The molecule has 0 aliphatic carbocycles. The van der Waals surface area contributed by atoms with E-state index >= 15 is 0 Å². The van der Waals surface area contributed by atoms with E-state index in [9.17, 15) is 24.8 Å². The molecule has 0 aliphatic rings. The van der Waals surface area contributed by atoms with Crippen LogP contribution < -0.4 is 4.74 Å². The van der Waals surface area contributed by atoms with E-state index in [0.29, 0.717) is 5.69 Å². The molecule has 0 aromatic heterocycles. The van der Waals surface area contributed by atoms with E-state index in [1.54, 1.807) is 0 Å². The highest BCUT2D eigenvalue weighted by Crippen LogP contribution is 2.27. The number of aromatic carboxylic acids is 1. The van der Waals surface area contributed by atoms with Gasteiger partial charge in [-0.25, -0.2) is 9.59 Å². The van der Waals surface area contributed by atoms with E-state index in [-0.39, 0.29) is 28.3 Å². The molecule has 0 unspecified atom stereocenters. The number of nitro benzene ring substituents is 1. The number of nitrogens with zero attached hydrogens (tertiary/aromatic N) is 3. The highest BCUT2D eigenvalue weighted by Gasteiger charge is 2.16. The number of carbonyl (C=O) groups is 2. The minimum absolute atomic E-state index is 0.0826. The lowest BCUT2D eigenvalue weighted by Crippen LogP contribution is -2.11. The number of hydrogen-bond donors (Lipinski definition) is 1. The quantitative estimate of drug-likeness (QED) is 0.206. The number of azo groups is 1. The van der Waals surface area contributed by atoms with E-state index in [0.717, 1.165) is 0 Å². The van der Waals surface area contributed by atoms with Crippen molar-refractivity contribution >= 4 is 29.0 Å². The van der Waals surface area contributed by atoms with Crippen LogP contribution in [0.1, 0.15) is 17.3 Å². The summed E-state index contributed by atoms with van der Waals surface area (Å²) in [4.78, 5) is 33.0. The van der Waals surface area contributed by atoms with Crippen molar-refractivity contribution in [2.24, 2.45) is 10.2 Å². The number of carboxylic acid groups (broad SMARTS) is 1. The van der Waals surface area contributed by atoms with Crippen LogP contribution in [-0.4, -0.2) is 22.0 Å². The van der Waals surface area contributed by atoms with Crippen molar-refractivity contribution < 1.29 is 24.4 Å². The summed E-state index contributed by atoms with van der Waals surface area (Å²) in [6.07, 6.45) is 0. The number of benzene rings is 2. The largest absolute Gasteiger partial charge is 0.478 e. The number of carbonyl (C=O) groups excluding carboxylic acids is 1. The first-order valence-electron chi connectivity index (χ1n) is 7.19. The third-order valence-electron chi connectivity index (χ3n) is 3.09. The zero-order valence-electron chi connectivity index (χ0n) is 13.6.